The summed E-state index contributed by atoms with van der Waals surface area (Å²) >= 11 is 0. The van der Waals surface area contributed by atoms with E-state index in [0.717, 1.165) is 16.8 Å². The Morgan fingerprint density at radius 2 is 1.90 bits per heavy atom. The minimum absolute atomic E-state index is 0.0205. The molecule has 31 heavy (non-hydrogen) atoms. The number of fused-ring (bicyclic) bond motifs is 1. The summed E-state index contributed by atoms with van der Waals surface area (Å²) in [4.78, 5) is 20.4. The van der Waals surface area contributed by atoms with E-state index in [0.29, 0.717) is 13.0 Å². The van der Waals surface area contributed by atoms with E-state index in [1.165, 1.54) is 23.1 Å². The lowest BCUT2D eigenvalue weighted by molar-refractivity contribution is -0.144. The normalized spacial score (nSPS) is 16.5. The molecule has 2 aromatic carbocycles. The number of amides is 1. The molecule has 1 amide bonds. The molecule has 2 heterocycles. The van der Waals surface area contributed by atoms with Crippen LogP contribution in [-0.2, 0) is 6.18 Å². The number of halogens is 3. The predicted octanol–water partition coefficient (Wildman–Crippen LogP) is 4.08. The molecule has 0 unspecified atom stereocenters. The zero-order chi connectivity index (χ0) is 22.2. The Bertz CT molecular complexity index is 1180. The van der Waals surface area contributed by atoms with Crippen molar-refractivity contribution in [3.05, 3.63) is 71.1 Å². The number of para-hydroxylation sites is 1. The summed E-state index contributed by atoms with van der Waals surface area (Å²) in [6.45, 7) is 0.417. The van der Waals surface area contributed by atoms with Gasteiger partial charge in [0.15, 0.2) is 0 Å². The van der Waals surface area contributed by atoms with Crippen LogP contribution in [0.1, 0.15) is 28.2 Å². The molecule has 0 bridgehead atoms. The van der Waals surface area contributed by atoms with Crippen LogP contribution in [0, 0.1) is 5.41 Å². The molecule has 0 saturated carbocycles. The molecule has 0 aliphatic carbocycles. The third kappa shape index (κ3) is 3.90. The van der Waals surface area contributed by atoms with Crippen molar-refractivity contribution in [1.29, 1.82) is 5.41 Å². The highest BCUT2D eigenvalue weighted by molar-refractivity contribution is 6.10. The number of alkyl halides is 3. The number of piperidine rings is 1. The van der Waals surface area contributed by atoms with Crippen LogP contribution in [0.15, 0.2) is 54.1 Å². The number of nitrogens with one attached hydrogen (secondary N) is 3. The fraction of sp³-hybridized carbons (Fsp3) is 0.227. The van der Waals surface area contributed by atoms with Gasteiger partial charge in [-0.05, 0) is 24.1 Å². The Labute approximate surface area is 176 Å². The van der Waals surface area contributed by atoms with Crippen LogP contribution in [0.4, 0.5) is 13.2 Å². The SMILES string of the molecule is CN/C(=C1/CCN(C(=O)c2cccc3[nH]c(C(F)(F)F)nc23)CC1=N)c1ccccc1. The van der Waals surface area contributed by atoms with E-state index in [1.54, 1.807) is 7.05 Å². The molecule has 3 N–H and O–H groups in total. The number of H-pyrrole nitrogens is 1. The number of hydrogen-bond acceptors (Lipinski definition) is 4. The van der Waals surface area contributed by atoms with Gasteiger partial charge >= 0.3 is 6.18 Å². The van der Waals surface area contributed by atoms with Gasteiger partial charge in [-0.15, -0.1) is 0 Å². The van der Waals surface area contributed by atoms with E-state index in [4.69, 9.17) is 5.41 Å². The zero-order valence-electron chi connectivity index (χ0n) is 16.7. The van der Waals surface area contributed by atoms with E-state index in [-0.39, 0.29) is 28.9 Å². The molecule has 1 fully saturated rings. The largest absolute Gasteiger partial charge is 0.449 e. The Kier molecular flexibility index (Phi) is 5.26. The van der Waals surface area contributed by atoms with Crippen LogP contribution in [0.5, 0.6) is 0 Å². The monoisotopic (exact) mass is 427 g/mol. The predicted molar refractivity (Wildman–Crippen MR) is 112 cm³/mol. The van der Waals surface area contributed by atoms with Gasteiger partial charge in [0.05, 0.1) is 23.3 Å². The van der Waals surface area contributed by atoms with Crippen molar-refractivity contribution < 1.29 is 18.0 Å². The number of benzene rings is 2. The summed E-state index contributed by atoms with van der Waals surface area (Å²) in [6, 6.07) is 14.1. The highest BCUT2D eigenvalue weighted by atomic mass is 19.4. The molecule has 1 aromatic heterocycles. The lowest BCUT2D eigenvalue weighted by Gasteiger charge is -2.30. The van der Waals surface area contributed by atoms with Crippen molar-refractivity contribution in [3.63, 3.8) is 0 Å². The fourth-order valence-electron chi connectivity index (χ4n) is 3.80. The van der Waals surface area contributed by atoms with Gasteiger partial charge in [0.1, 0.15) is 5.52 Å². The maximum absolute atomic E-state index is 13.1. The average molecular weight is 427 g/mol. The average Bonchev–Trinajstić information content (AvgIpc) is 3.21. The minimum atomic E-state index is -4.63. The summed E-state index contributed by atoms with van der Waals surface area (Å²) in [5.41, 5.74) is 3.10. The second-order valence-electron chi connectivity index (χ2n) is 7.21. The van der Waals surface area contributed by atoms with Crippen molar-refractivity contribution in [2.45, 2.75) is 12.6 Å². The lowest BCUT2D eigenvalue weighted by atomic mass is 9.95. The first kappa shape index (κ1) is 20.6. The lowest BCUT2D eigenvalue weighted by Crippen LogP contribution is -2.41. The quantitative estimate of drug-likeness (QED) is 0.589. The van der Waals surface area contributed by atoms with Gasteiger partial charge in [0.25, 0.3) is 5.91 Å². The summed E-state index contributed by atoms with van der Waals surface area (Å²) in [7, 11) is 1.79. The van der Waals surface area contributed by atoms with Crippen molar-refractivity contribution in [2.24, 2.45) is 0 Å². The molecule has 1 aliphatic rings. The van der Waals surface area contributed by atoms with Crippen LogP contribution in [0.2, 0.25) is 0 Å². The van der Waals surface area contributed by atoms with Gasteiger partial charge in [0.2, 0.25) is 5.82 Å². The highest BCUT2D eigenvalue weighted by Crippen LogP contribution is 2.30. The minimum Gasteiger partial charge on any atom is -0.387 e. The van der Waals surface area contributed by atoms with Gasteiger partial charge in [-0.25, -0.2) is 4.98 Å². The molecule has 9 heteroatoms. The van der Waals surface area contributed by atoms with Crippen LogP contribution in [0.3, 0.4) is 0 Å². The number of carbonyl (C=O) groups excluding carboxylic acids is 1. The Balaban J connectivity index is 1.62. The van der Waals surface area contributed by atoms with Gasteiger partial charge in [0, 0.05) is 24.9 Å². The first-order valence-electron chi connectivity index (χ1n) is 9.69. The summed E-state index contributed by atoms with van der Waals surface area (Å²) in [5.74, 6) is -1.58. The molecule has 3 aromatic rings. The standard InChI is InChI=1S/C22H20F3N5O/c1-27-18(13-6-3-2-4-7-13)14-10-11-30(12-16(14)26)20(31)15-8-5-9-17-19(15)29-21(28-17)22(23,24)25/h2-9,26-27H,10-12H2,1H3,(H,28,29)/b18-14-,26-16?. The molecule has 4 rings (SSSR count). The first-order valence-corrected chi connectivity index (χ1v) is 9.69. The molecule has 0 spiro atoms. The van der Waals surface area contributed by atoms with Crippen LogP contribution >= 0.6 is 0 Å². The van der Waals surface area contributed by atoms with Gasteiger partial charge in [-0.1, -0.05) is 36.4 Å². The van der Waals surface area contributed by atoms with Crippen LogP contribution < -0.4 is 5.32 Å². The number of rotatable bonds is 3. The topological polar surface area (TPSA) is 84.9 Å². The molecule has 1 aliphatic heterocycles. The van der Waals surface area contributed by atoms with E-state index in [2.05, 4.69) is 15.3 Å². The number of likely N-dealkylation sites (tertiary alicyclic amines) is 1. The number of aromatic nitrogens is 2. The molecule has 1 saturated heterocycles. The van der Waals surface area contributed by atoms with E-state index in [1.807, 2.05) is 30.3 Å². The first-order chi connectivity index (χ1) is 14.8. The Hall–Kier alpha value is -3.62. The third-order valence-electron chi connectivity index (χ3n) is 5.26. The molecular weight excluding hydrogens is 407 g/mol. The van der Waals surface area contributed by atoms with Gasteiger partial charge in [-0.3, -0.25) is 4.79 Å². The van der Waals surface area contributed by atoms with Crippen molar-refractivity contribution >= 4 is 28.3 Å². The smallest absolute Gasteiger partial charge is 0.387 e. The molecule has 0 atom stereocenters. The number of imidazole rings is 1. The number of aromatic amines is 1. The van der Waals surface area contributed by atoms with E-state index in [9.17, 15) is 18.0 Å². The van der Waals surface area contributed by atoms with E-state index >= 15 is 0 Å². The summed E-state index contributed by atoms with van der Waals surface area (Å²) in [6.07, 6.45) is -4.17. The van der Waals surface area contributed by atoms with E-state index < -0.39 is 17.9 Å². The second kappa shape index (κ2) is 7.90. The van der Waals surface area contributed by atoms with Crippen LogP contribution in [-0.4, -0.2) is 46.6 Å². The molecule has 160 valence electrons. The second-order valence-corrected chi connectivity index (χ2v) is 7.21. The maximum atomic E-state index is 13.1. The number of hydrogen-bond donors (Lipinski definition) is 3. The van der Waals surface area contributed by atoms with Gasteiger partial charge in [-0.2, -0.15) is 13.2 Å². The van der Waals surface area contributed by atoms with Crippen molar-refractivity contribution in [2.75, 3.05) is 20.1 Å². The number of carbonyl (C=O) groups is 1. The number of nitrogens with zero attached hydrogens (tertiary/aromatic N) is 2. The molecular formula is C22H20F3N5O. The van der Waals surface area contributed by atoms with Crippen molar-refractivity contribution in [1.82, 2.24) is 20.2 Å². The summed E-state index contributed by atoms with van der Waals surface area (Å²) < 4.78 is 39.1. The Morgan fingerprint density at radius 3 is 2.55 bits per heavy atom. The zero-order valence-corrected chi connectivity index (χ0v) is 16.7. The fourth-order valence-corrected chi connectivity index (χ4v) is 3.80. The van der Waals surface area contributed by atoms with Crippen molar-refractivity contribution in [3.8, 4) is 0 Å². The van der Waals surface area contributed by atoms with Gasteiger partial charge < -0.3 is 20.6 Å². The summed E-state index contributed by atoms with van der Waals surface area (Å²) in [5, 5.41) is 11.7. The van der Waals surface area contributed by atoms with Crippen LogP contribution in [0.25, 0.3) is 16.7 Å². The third-order valence-corrected chi connectivity index (χ3v) is 5.26. The molecule has 0 radical (unpaired) electrons. The highest BCUT2D eigenvalue weighted by Gasteiger charge is 2.36. The molecule has 6 nitrogen and oxygen atoms in total. The maximum Gasteiger partial charge on any atom is 0.449 e. The Morgan fingerprint density at radius 1 is 1.16 bits per heavy atom.